The van der Waals surface area contributed by atoms with Crippen molar-refractivity contribution >= 4 is 17.7 Å². The molecule has 0 aliphatic heterocycles. The summed E-state index contributed by atoms with van der Waals surface area (Å²) < 4.78 is 6.44. The van der Waals surface area contributed by atoms with Crippen molar-refractivity contribution in [1.29, 1.82) is 5.41 Å². The highest BCUT2D eigenvalue weighted by Gasteiger charge is 2.27. The average Bonchev–Trinajstić information content (AvgIpc) is 3.39. The molecule has 0 unspecified atom stereocenters. The van der Waals surface area contributed by atoms with Crippen LogP contribution in [0, 0.1) is 27.1 Å². The van der Waals surface area contributed by atoms with E-state index in [4.69, 9.17) is 10.5 Å². The molecule has 8 heteroatoms. The number of carboxylic acid groups (broad SMARTS) is 1. The Morgan fingerprint density at radius 2 is 1.36 bits per heavy atom. The van der Waals surface area contributed by atoms with Crippen LogP contribution in [0.5, 0.6) is 0 Å². The van der Waals surface area contributed by atoms with E-state index < -0.39 is 11.4 Å². The summed E-state index contributed by atoms with van der Waals surface area (Å²) in [7, 11) is 1.40. The van der Waals surface area contributed by atoms with E-state index in [-0.39, 0.29) is 29.6 Å². The highest BCUT2D eigenvalue weighted by molar-refractivity contribution is 5.83. The zero-order valence-corrected chi connectivity index (χ0v) is 24.8. The second-order valence-corrected chi connectivity index (χ2v) is 13.3. The topological polar surface area (TPSA) is 118 Å². The van der Waals surface area contributed by atoms with Gasteiger partial charge in [-0.05, 0) is 72.1 Å². The minimum Gasteiger partial charge on any atom is -0.481 e. The predicted molar refractivity (Wildman–Crippen MR) is 150 cm³/mol. The van der Waals surface area contributed by atoms with Gasteiger partial charge in [-0.2, -0.15) is 0 Å². The van der Waals surface area contributed by atoms with Gasteiger partial charge in [-0.15, -0.1) is 5.10 Å². The summed E-state index contributed by atoms with van der Waals surface area (Å²) in [5, 5.41) is 23.7. The SMILES string of the molecule is C.CC(=N)C(C)(C)C.CC(C)(C)C(=O)O.CC(C)(C)Cn1cc(C2CC2)nn1.COC(=O)C(C)(C)C. The number of carbonyl (C=O) groups excluding carboxylic acids is 1. The predicted octanol–water partition coefficient (Wildman–Crippen LogP) is 7.23. The molecular formula is C28H56N4O4. The summed E-state index contributed by atoms with van der Waals surface area (Å²) in [6.07, 6.45) is 4.70. The lowest BCUT2D eigenvalue weighted by molar-refractivity contribution is -0.149. The van der Waals surface area contributed by atoms with Crippen molar-refractivity contribution in [2.45, 2.75) is 123 Å². The molecule has 1 aromatic rings. The molecule has 0 atom stereocenters. The van der Waals surface area contributed by atoms with Gasteiger partial charge in [-0.3, -0.25) is 14.3 Å². The standard InChI is InChI=1S/C10H17N3.C6H13N.C6H12O2.C5H10O2.CH4/c1-10(2,3)7-13-6-9(11-12-13)8-4-5-8;1-5(7)6(2,3)4;1-6(2,3)5(7)8-4;1-5(2,3)4(6)7;/h6,8H,4-5,7H2,1-3H3;7H,1-4H3;1-4H3;1-3H3,(H,6,7);1H4. The Bertz CT molecular complexity index is 773. The van der Waals surface area contributed by atoms with Crippen LogP contribution in [-0.4, -0.2) is 44.9 Å². The summed E-state index contributed by atoms with van der Waals surface area (Å²) >= 11 is 0. The highest BCUT2D eigenvalue weighted by Crippen LogP contribution is 2.38. The monoisotopic (exact) mass is 512 g/mol. The molecular weight excluding hydrogens is 456 g/mol. The fourth-order valence-electron chi connectivity index (χ4n) is 1.75. The first-order chi connectivity index (χ1) is 15.4. The van der Waals surface area contributed by atoms with Crippen LogP contribution in [0.3, 0.4) is 0 Å². The van der Waals surface area contributed by atoms with Crippen LogP contribution in [0.2, 0.25) is 0 Å². The number of hydrogen-bond acceptors (Lipinski definition) is 6. The van der Waals surface area contributed by atoms with Gasteiger partial charge >= 0.3 is 11.9 Å². The molecule has 2 rings (SSSR count). The molecule has 1 heterocycles. The summed E-state index contributed by atoms with van der Waals surface area (Å²) in [5.41, 5.74) is 1.36. The van der Waals surface area contributed by atoms with E-state index in [9.17, 15) is 9.59 Å². The molecule has 1 aliphatic rings. The van der Waals surface area contributed by atoms with Crippen LogP contribution < -0.4 is 0 Å². The third-order valence-electron chi connectivity index (χ3n) is 4.75. The van der Waals surface area contributed by atoms with E-state index in [1.165, 1.54) is 25.6 Å². The quantitative estimate of drug-likeness (QED) is 0.319. The van der Waals surface area contributed by atoms with Crippen molar-refractivity contribution in [2.24, 2.45) is 21.7 Å². The lowest BCUT2D eigenvalue weighted by atomic mass is 9.91. The molecule has 1 aliphatic carbocycles. The van der Waals surface area contributed by atoms with Gasteiger partial charge in [0.2, 0.25) is 0 Å². The Hall–Kier alpha value is -2.25. The molecule has 2 N–H and O–H groups in total. The molecule has 0 saturated heterocycles. The number of nitrogens with zero attached hydrogens (tertiary/aromatic N) is 3. The van der Waals surface area contributed by atoms with Crippen molar-refractivity contribution in [3.8, 4) is 0 Å². The van der Waals surface area contributed by atoms with Gasteiger partial charge < -0.3 is 15.3 Å². The Morgan fingerprint density at radius 1 is 0.972 bits per heavy atom. The number of hydrogen-bond donors (Lipinski definition) is 2. The molecule has 0 spiro atoms. The van der Waals surface area contributed by atoms with E-state index >= 15 is 0 Å². The largest absolute Gasteiger partial charge is 0.481 e. The first kappa shape index (κ1) is 38.3. The molecule has 212 valence electrons. The maximum atomic E-state index is 10.6. The molecule has 1 saturated carbocycles. The minimum atomic E-state index is -0.757. The molecule has 0 bridgehead atoms. The van der Waals surface area contributed by atoms with Gasteiger partial charge in [0, 0.05) is 24.4 Å². The van der Waals surface area contributed by atoms with E-state index in [1.807, 2.05) is 53.1 Å². The summed E-state index contributed by atoms with van der Waals surface area (Å²) in [6, 6.07) is 0. The molecule has 8 nitrogen and oxygen atoms in total. The number of rotatable bonds is 2. The fourth-order valence-corrected chi connectivity index (χ4v) is 1.75. The molecule has 0 amide bonds. The molecule has 0 radical (unpaired) electrons. The normalized spacial score (nSPS) is 13.3. The number of carbonyl (C=O) groups is 2. The molecule has 1 fully saturated rings. The number of carboxylic acids is 1. The zero-order valence-electron chi connectivity index (χ0n) is 24.8. The summed E-state index contributed by atoms with van der Waals surface area (Å²) in [5.74, 6) is -0.210. The Labute approximate surface area is 221 Å². The van der Waals surface area contributed by atoms with E-state index in [0.29, 0.717) is 5.92 Å². The zero-order chi connectivity index (χ0) is 28.4. The molecule has 0 aromatic carbocycles. The number of methoxy groups -OCH3 is 1. The van der Waals surface area contributed by atoms with Crippen molar-refractivity contribution in [3.05, 3.63) is 11.9 Å². The van der Waals surface area contributed by atoms with Crippen molar-refractivity contribution in [1.82, 2.24) is 15.0 Å². The van der Waals surface area contributed by atoms with Crippen LogP contribution >= 0.6 is 0 Å². The Balaban J connectivity index is -0.000000420. The van der Waals surface area contributed by atoms with Crippen molar-refractivity contribution in [2.75, 3.05) is 7.11 Å². The summed E-state index contributed by atoms with van der Waals surface area (Å²) in [6.45, 7) is 26.0. The van der Waals surface area contributed by atoms with Crippen LogP contribution in [0.15, 0.2) is 6.20 Å². The number of aliphatic carboxylic acids is 1. The van der Waals surface area contributed by atoms with E-state index in [2.05, 4.69) is 42.0 Å². The second-order valence-electron chi connectivity index (χ2n) is 13.3. The van der Waals surface area contributed by atoms with Gasteiger partial charge in [-0.1, -0.05) is 54.2 Å². The van der Waals surface area contributed by atoms with E-state index in [0.717, 1.165) is 12.3 Å². The number of esters is 1. The molecule has 1 aromatic heterocycles. The van der Waals surface area contributed by atoms with Crippen LogP contribution in [-0.2, 0) is 20.9 Å². The number of ether oxygens (including phenoxy) is 1. The van der Waals surface area contributed by atoms with Crippen LogP contribution in [0.1, 0.15) is 122 Å². The van der Waals surface area contributed by atoms with Gasteiger partial charge in [0.15, 0.2) is 0 Å². The lowest BCUT2D eigenvalue weighted by Crippen LogP contribution is -2.21. The second kappa shape index (κ2) is 15.1. The van der Waals surface area contributed by atoms with Crippen LogP contribution in [0.4, 0.5) is 0 Å². The fraction of sp³-hybridized carbons (Fsp3) is 0.821. The van der Waals surface area contributed by atoms with Crippen molar-refractivity contribution in [3.63, 3.8) is 0 Å². The maximum Gasteiger partial charge on any atom is 0.310 e. The van der Waals surface area contributed by atoms with Gasteiger partial charge in [0.25, 0.3) is 0 Å². The van der Waals surface area contributed by atoms with Crippen molar-refractivity contribution < 1.29 is 19.4 Å². The summed E-state index contributed by atoms with van der Waals surface area (Å²) in [4.78, 5) is 20.6. The Kier molecular flexibility index (Phi) is 16.1. The number of aromatic nitrogens is 3. The smallest absolute Gasteiger partial charge is 0.310 e. The number of nitrogens with one attached hydrogen (secondary N) is 1. The van der Waals surface area contributed by atoms with E-state index in [1.54, 1.807) is 20.8 Å². The average molecular weight is 513 g/mol. The highest BCUT2D eigenvalue weighted by atomic mass is 16.5. The lowest BCUT2D eigenvalue weighted by Gasteiger charge is -2.16. The third-order valence-corrected chi connectivity index (χ3v) is 4.75. The first-order valence-electron chi connectivity index (χ1n) is 12.2. The Morgan fingerprint density at radius 3 is 1.56 bits per heavy atom. The van der Waals surface area contributed by atoms with Gasteiger partial charge in [-0.25, -0.2) is 0 Å². The van der Waals surface area contributed by atoms with Crippen LogP contribution in [0.25, 0.3) is 0 Å². The minimum absolute atomic E-state index is 0. The van der Waals surface area contributed by atoms with Gasteiger partial charge in [0.05, 0.1) is 23.6 Å². The molecule has 36 heavy (non-hydrogen) atoms. The maximum absolute atomic E-state index is 10.6. The third kappa shape index (κ3) is 20.0. The van der Waals surface area contributed by atoms with Gasteiger partial charge in [0.1, 0.15) is 0 Å². The first-order valence-corrected chi connectivity index (χ1v) is 12.2.